The summed E-state index contributed by atoms with van der Waals surface area (Å²) in [6.45, 7) is 0. The lowest BCUT2D eigenvalue weighted by molar-refractivity contribution is 0.262. The Kier molecular flexibility index (Phi) is 4.55. The van der Waals surface area contributed by atoms with E-state index < -0.39 is 6.03 Å². The number of furan rings is 2. The predicted molar refractivity (Wildman–Crippen MR) is 133 cm³/mol. The number of carbonyl (C=O) groups is 1. The van der Waals surface area contributed by atoms with Crippen LogP contribution in [0.5, 0.6) is 11.5 Å². The molecule has 0 aliphatic rings. The highest BCUT2D eigenvalue weighted by Crippen LogP contribution is 2.38. The van der Waals surface area contributed by atoms with Gasteiger partial charge in [-0.2, -0.15) is 0 Å². The molecule has 7 nitrogen and oxygen atoms in total. The predicted octanol–water partition coefficient (Wildman–Crippen LogP) is 7.15. The van der Waals surface area contributed by atoms with Gasteiger partial charge in [0.2, 0.25) is 0 Å². The van der Waals surface area contributed by atoms with E-state index in [2.05, 4.69) is 10.6 Å². The first-order valence-electron chi connectivity index (χ1n) is 10.7. The lowest BCUT2D eigenvalue weighted by atomic mass is 10.1. The molecule has 7 heteroatoms. The lowest BCUT2D eigenvalue weighted by Crippen LogP contribution is -2.20. The van der Waals surface area contributed by atoms with E-state index in [0.717, 1.165) is 32.7 Å². The molecule has 0 spiro atoms. The average molecular weight is 452 g/mol. The molecule has 6 rings (SSSR count). The smallest absolute Gasteiger partial charge is 0.323 e. The van der Waals surface area contributed by atoms with Gasteiger partial charge in [0.05, 0.1) is 25.6 Å². The number of methoxy groups -OCH3 is 2. The average Bonchev–Trinajstić information content (AvgIpc) is 3.39. The van der Waals surface area contributed by atoms with E-state index in [1.54, 1.807) is 26.4 Å². The molecule has 2 heterocycles. The second kappa shape index (κ2) is 7.74. The van der Waals surface area contributed by atoms with Crippen molar-refractivity contribution in [2.75, 3.05) is 24.9 Å². The number of hydrogen-bond donors (Lipinski definition) is 2. The molecule has 2 N–H and O–H groups in total. The fraction of sp³-hybridized carbons (Fsp3) is 0.0741. The van der Waals surface area contributed by atoms with Crippen molar-refractivity contribution in [1.29, 1.82) is 0 Å². The van der Waals surface area contributed by atoms with E-state index in [9.17, 15) is 4.79 Å². The number of nitrogens with one attached hydrogen (secondary N) is 2. The number of ether oxygens (including phenoxy) is 2. The summed E-state index contributed by atoms with van der Waals surface area (Å²) in [5.74, 6) is 1.04. The molecule has 168 valence electrons. The maximum Gasteiger partial charge on any atom is 0.323 e. The largest absolute Gasteiger partial charge is 0.495 e. The Balaban J connectivity index is 1.34. The van der Waals surface area contributed by atoms with Gasteiger partial charge in [-0.05, 0) is 24.3 Å². The van der Waals surface area contributed by atoms with Crippen molar-refractivity contribution >= 4 is 61.3 Å². The highest BCUT2D eigenvalue weighted by atomic mass is 16.5. The molecular formula is C27H20N2O5. The van der Waals surface area contributed by atoms with Gasteiger partial charge >= 0.3 is 6.03 Å². The van der Waals surface area contributed by atoms with Gasteiger partial charge in [0.1, 0.15) is 33.8 Å². The van der Waals surface area contributed by atoms with E-state index >= 15 is 0 Å². The number of benzene rings is 4. The zero-order chi connectivity index (χ0) is 23.2. The summed E-state index contributed by atoms with van der Waals surface area (Å²) in [7, 11) is 3.12. The monoisotopic (exact) mass is 452 g/mol. The fourth-order valence-electron chi connectivity index (χ4n) is 4.31. The van der Waals surface area contributed by atoms with Gasteiger partial charge in [0.25, 0.3) is 0 Å². The summed E-state index contributed by atoms with van der Waals surface area (Å²) in [6.07, 6.45) is 0. The third-order valence-corrected chi connectivity index (χ3v) is 5.89. The number of fused-ring (bicyclic) bond motifs is 6. The first-order chi connectivity index (χ1) is 16.6. The van der Waals surface area contributed by atoms with E-state index in [1.807, 2.05) is 60.7 Å². The lowest BCUT2D eigenvalue weighted by Gasteiger charge is -2.13. The number of amides is 2. The molecular weight excluding hydrogens is 432 g/mol. The second-order valence-electron chi connectivity index (χ2n) is 7.87. The summed E-state index contributed by atoms with van der Waals surface area (Å²) in [6, 6.07) is 22.3. The Morgan fingerprint density at radius 1 is 0.618 bits per heavy atom. The summed E-state index contributed by atoms with van der Waals surface area (Å²) in [5, 5.41) is 9.49. The van der Waals surface area contributed by atoms with Crippen LogP contribution in [0.25, 0.3) is 43.9 Å². The molecule has 2 aromatic heterocycles. The van der Waals surface area contributed by atoms with Crippen molar-refractivity contribution in [3.05, 3.63) is 72.8 Å². The van der Waals surface area contributed by atoms with Crippen molar-refractivity contribution in [1.82, 2.24) is 0 Å². The minimum Gasteiger partial charge on any atom is -0.495 e. The SMILES string of the molecule is COc1cc2c(cc1NC(=O)Nc1cc3oc4ccccc4c3cc1OC)oc1ccccc12. The summed E-state index contributed by atoms with van der Waals surface area (Å²) >= 11 is 0. The van der Waals surface area contributed by atoms with Gasteiger partial charge < -0.3 is 28.9 Å². The molecule has 0 aliphatic heterocycles. The summed E-state index contributed by atoms with van der Waals surface area (Å²) < 4.78 is 23.0. The Labute approximate surface area is 193 Å². The number of carbonyl (C=O) groups excluding carboxylic acids is 1. The van der Waals surface area contributed by atoms with E-state index in [-0.39, 0.29) is 0 Å². The molecule has 0 saturated carbocycles. The van der Waals surface area contributed by atoms with Crippen LogP contribution in [0.4, 0.5) is 16.2 Å². The highest BCUT2D eigenvalue weighted by Gasteiger charge is 2.17. The Hall–Kier alpha value is -4.65. The van der Waals surface area contributed by atoms with Crippen molar-refractivity contribution in [3.8, 4) is 11.5 Å². The van der Waals surface area contributed by atoms with Crippen LogP contribution in [0.15, 0.2) is 81.6 Å². The number of anilines is 2. The molecule has 0 bridgehead atoms. The topological polar surface area (TPSA) is 85.9 Å². The number of para-hydroxylation sites is 2. The minimum atomic E-state index is -0.456. The molecule has 2 amide bonds. The van der Waals surface area contributed by atoms with Crippen molar-refractivity contribution < 1.29 is 23.1 Å². The number of urea groups is 1. The molecule has 4 aromatic carbocycles. The van der Waals surface area contributed by atoms with Crippen molar-refractivity contribution in [2.24, 2.45) is 0 Å². The quantitative estimate of drug-likeness (QED) is 0.297. The first-order valence-corrected chi connectivity index (χ1v) is 10.7. The Bertz CT molecular complexity index is 1590. The molecule has 6 aromatic rings. The maximum atomic E-state index is 12.9. The van der Waals surface area contributed by atoms with Crippen LogP contribution >= 0.6 is 0 Å². The van der Waals surface area contributed by atoms with E-state index in [1.165, 1.54) is 0 Å². The van der Waals surface area contributed by atoms with Gasteiger partial charge in [-0.1, -0.05) is 36.4 Å². The van der Waals surface area contributed by atoms with Crippen LogP contribution in [-0.2, 0) is 0 Å². The van der Waals surface area contributed by atoms with Crippen LogP contribution in [0.2, 0.25) is 0 Å². The Morgan fingerprint density at radius 2 is 1.06 bits per heavy atom. The standard InChI is InChI=1S/C27H20N2O5/c1-31-25-11-17-15-7-3-5-9-21(15)33-23(17)13-19(25)28-27(30)29-20-14-24-18(12-26(20)32-2)16-8-4-6-10-22(16)34-24/h3-14H,1-2H3,(H2,28,29,30). The molecule has 0 atom stereocenters. The molecule has 34 heavy (non-hydrogen) atoms. The molecule has 0 saturated heterocycles. The second-order valence-corrected chi connectivity index (χ2v) is 7.87. The molecule has 0 unspecified atom stereocenters. The molecule has 0 fully saturated rings. The number of hydrogen-bond acceptors (Lipinski definition) is 5. The summed E-state index contributed by atoms with van der Waals surface area (Å²) in [5.41, 5.74) is 3.80. The molecule has 0 radical (unpaired) electrons. The van der Waals surface area contributed by atoms with Gasteiger partial charge in [0, 0.05) is 33.7 Å². The minimum absolute atomic E-state index is 0.456. The van der Waals surface area contributed by atoms with Crippen molar-refractivity contribution in [2.45, 2.75) is 0 Å². The van der Waals surface area contributed by atoms with Gasteiger partial charge in [0.15, 0.2) is 0 Å². The van der Waals surface area contributed by atoms with Crippen LogP contribution in [0.1, 0.15) is 0 Å². The van der Waals surface area contributed by atoms with Gasteiger partial charge in [-0.25, -0.2) is 4.79 Å². The van der Waals surface area contributed by atoms with Crippen LogP contribution in [0.3, 0.4) is 0 Å². The highest BCUT2D eigenvalue weighted by molar-refractivity contribution is 6.10. The van der Waals surface area contributed by atoms with Crippen molar-refractivity contribution in [3.63, 3.8) is 0 Å². The fourth-order valence-corrected chi connectivity index (χ4v) is 4.31. The third kappa shape index (κ3) is 3.17. The van der Waals surface area contributed by atoms with E-state index in [4.69, 9.17) is 18.3 Å². The first kappa shape index (κ1) is 20.0. The third-order valence-electron chi connectivity index (χ3n) is 5.89. The van der Waals surface area contributed by atoms with E-state index in [0.29, 0.717) is 34.0 Å². The maximum absolute atomic E-state index is 12.9. The number of rotatable bonds is 4. The zero-order valence-electron chi connectivity index (χ0n) is 18.5. The van der Waals surface area contributed by atoms with Crippen LogP contribution in [-0.4, -0.2) is 20.3 Å². The van der Waals surface area contributed by atoms with Gasteiger partial charge in [-0.15, -0.1) is 0 Å². The Morgan fingerprint density at radius 3 is 1.50 bits per heavy atom. The van der Waals surface area contributed by atoms with Crippen LogP contribution < -0.4 is 20.1 Å². The normalized spacial score (nSPS) is 11.4. The van der Waals surface area contributed by atoms with Gasteiger partial charge in [-0.3, -0.25) is 0 Å². The zero-order valence-corrected chi connectivity index (χ0v) is 18.5. The molecule has 0 aliphatic carbocycles. The summed E-state index contributed by atoms with van der Waals surface area (Å²) in [4.78, 5) is 12.9. The van der Waals surface area contributed by atoms with Crippen LogP contribution in [0, 0.1) is 0 Å².